The number of rotatable bonds is 2. The Hall–Kier alpha value is -3.07. The van der Waals surface area contributed by atoms with E-state index < -0.39 is 0 Å². The fourth-order valence-electron chi connectivity index (χ4n) is 8.19. The van der Waals surface area contributed by atoms with Gasteiger partial charge in [0.05, 0.1) is 5.56 Å². The molecular weight excluding hydrogens is 476 g/mol. The molecule has 0 spiro atoms. The summed E-state index contributed by atoms with van der Waals surface area (Å²) in [7, 11) is 0. The molecule has 0 atom stereocenters. The monoisotopic (exact) mass is 517 g/mol. The topological polar surface area (TPSA) is 15.5 Å². The maximum Gasteiger partial charge on any atom is 0.210 e. The molecule has 3 aromatic carbocycles. The Bertz CT molecular complexity index is 1630. The molecule has 3 aromatic rings. The first-order valence-electron chi connectivity index (χ1n) is 15.7. The van der Waals surface area contributed by atoms with Crippen LogP contribution in [0.2, 0.25) is 0 Å². The van der Waals surface area contributed by atoms with Gasteiger partial charge in [0.15, 0.2) is 0 Å². The lowest BCUT2D eigenvalue weighted by molar-refractivity contribution is 0.442. The highest BCUT2D eigenvalue weighted by Gasteiger charge is 2.35. The van der Waals surface area contributed by atoms with E-state index >= 15 is 0 Å². The maximum atomic E-state index is 7.26. The smallest absolute Gasteiger partial charge is 0.210 e. The molecule has 5 aliphatic heterocycles. The van der Waals surface area contributed by atoms with Gasteiger partial charge in [0.25, 0.3) is 0 Å². The summed E-state index contributed by atoms with van der Waals surface area (Å²) >= 11 is 0. The third-order valence-corrected chi connectivity index (χ3v) is 10.0. The molecule has 0 saturated heterocycles. The fourth-order valence-corrected chi connectivity index (χ4v) is 8.19. The van der Waals surface area contributed by atoms with Crippen molar-refractivity contribution in [3.63, 3.8) is 0 Å². The van der Waals surface area contributed by atoms with Gasteiger partial charge in [-0.2, -0.15) is 0 Å². The van der Waals surface area contributed by atoms with Crippen molar-refractivity contribution in [2.24, 2.45) is 0 Å². The summed E-state index contributed by atoms with van der Waals surface area (Å²) in [6.45, 7) is 9.39. The largest absolute Gasteiger partial charge is 0.455 e. The predicted octanol–water partition coefficient (Wildman–Crippen LogP) is 6.03. The van der Waals surface area contributed by atoms with Crippen LogP contribution in [0.15, 0.2) is 36.4 Å². The number of anilines is 1. The van der Waals surface area contributed by atoms with Crippen molar-refractivity contribution < 1.29 is 4.74 Å². The maximum absolute atomic E-state index is 7.26. The Morgan fingerprint density at radius 1 is 0.769 bits per heavy atom. The zero-order valence-electron chi connectivity index (χ0n) is 23.7. The second kappa shape index (κ2) is 9.25. The van der Waals surface area contributed by atoms with E-state index in [-0.39, 0.29) is 0 Å². The average molecular weight is 518 g/mol. The summed E-state index contributed by atoms with van der Waals surface area (Å²) in [6, 6.07) is 14.5. The first-order chi connectivity index (χ1) is 19.2. The van der Waals surface area contributed by atoms with E-state index in [1.807, 2.05) is 0 Å². The lowest BCUT2D eigenvalue weighted by Crippen LogP contribution is -2.41. The van der Waals surface area contributed by atoms with Gasteiger partial charge in [-0.3, -0.25) is 0 Å². The van der Waals surface area contributed by atoms with Crippen LogP contribution in [-0.4, -0.2) is 26.2 Å². The molecule has 3 nitrogen and oxygen atoms in total. The zero-order chi connectivity index (χ0) is 26.1. The van der Waals surface area contributed by atoms with Gasteiger partial charge in [-0.1, -0.05) is 38.1 Å². The average Bonchev–Trinajstić information content (AvgIpc) is 3.30. The molecule has 0 N–H and O–H groups in total. The van der Waals surface area contributed by atoms with Crippen LogP contribution in [0.4, 0.5) is 5.69 Å². The molecule has 5 heterocycles. The van der Waals surface area contributed by atoms with Crippen molar-refractivity contribution in [3.8, 4) is 11.5 Å². The molecule has 0 aromatic heterocycles. The van der Waals surface area contributed by atoms with Gasteiger partial charge in [-0.25, -0.2) is 4.58 Å². The zero-order valence-corrected chi connectivity index (χ0v) is 23.7. The lowest BCUT2D eigenvalue weighted by Gasteiger charge is -2.35. The van der Waals surface area contributed by atoms with Gasteiger partial charge in [0.1, 0.15) is 24.6 Å². The second-order valence-corrected chi connectivity index (χ2v) is 12.8. The highest BCUT2D eigenvalue weighted by atomic mass is 16.5. The molecule has 39 heavy (non-hydrogen) atoms. The lowest BCUT2D eigenvalue weighted by atomic mass is 9.83. The standard InChI is InChI=1S/C36H41N2O/c1-23(2)24-12-7-13-25(20-24)32-30-21-26-10-3-5-16-37-18-8-14-28(33(26)37)35(30)39-36-29-15-9-19-38-17-6-4-11-27(34(29)38)22-31(32)36/h7,12-13,20-23H,3-6,8-11,14-19H2,1-2H3/q+1. The summed E-state index contributed by atoms with van der Waals surface area (Å²) in [5, 5.41) is 2.86. The quantitative estimate of drug-likeness (QED) is 0.302. The van der Waals surface area contributed by atoms with E-state index in [1.165, 1.54) is 139 Å². The van der Waals surface area contributed by atoms with Gasteiger partial charge >= 0.3 is 0 Å². The Morgan fingerprint density at radius 2 is 1.59 bits per heavy atom. The number of nitrogens with zero attached hydrogens (tertiary/aromatic N) is 2. The van der Waals surface area contributed by atoms with Gasteiger partial charge in [0, 0.05) is 59.1 Å². The van der Waals surface area contributed by atoms with Crippen molar-refractivity contribution in [1.82, 2.24) is 4.58 Å². The number of hydrogen-bond donors (Lipinski definition) is 0. The number of hydrogen-bond acceptors (Lipinski definition) is 2. The van der Waals surface area contributed by atoms with Crippen LogP contribution in [0, 0.1) is 0 Å². The minimum atomic E-state index is 0.507. The molecule has 0 amide bonds. The Labute approximate surface area is 232 Å². The van der Waals surface area contributed by atoms with E-state index in [0.29, 0.717) is 5.92 Å². The van der Waals surface area contributed by atoms with Crippen LogP contribution >= 0.6 is 0 Å². The van der Waals surface area contributed by atoms with Gasteiger partial charge < -0.3 is 9.64 Å². The molecule has 0 fully saturated rings. The van der Waals surface area contributed by atoms with Gasteiger partial charge in [-0.05, 0) is 86.1 Å². The molecule has 8 rings (SSSR count). The van der Waals surface area contributed by atoms with Crippen molar-refractivity contribution >= 4 is 11.3 Å². The minimum absolute atomic E-state index is 0.507. The van der Waals surface area contributed by atoms with Crippen LogP contribution in [0.1, 0.15) is 97.2 Å². The summed E-state index contributed by atoms with van der Waals surface area (Å²) in [5.74, 6) is 2.84. The minimum Gasteiger partial charge on any atom is -0.455 e. The summed E-state index contributed by atoms with van der Waals surface area (Å²) in [5.41, 5.74) is 13.1. The number of aryl methyl sites for hydroxylation is 2. The molecule has 0 unspecified atom stereocenters. The summed E-state index contributed by atoms with van der Waals surface area (Å²) in [4.78, 5) is 2.68. The van der Waals surface area contributed by atoms with Crippen molar-refractivity contribution in [3.05, 3.63) is 85.9 Å². The Balaban J connectivity index is 1.50. The normalized spacial score (nSPS) is 19.4. The van der Waals surface area contributed by atoms with Crippen LogP contribution < -0.4 is 24.8 Å². The highest BCUT2D eigenvalue weighted by molar-refractivity contribution is 5.89. The number of benzene rings is 3. The van der Waals surface area contributed by atoms with Crippen LogP contribution in [0.3, 0.4) is 0 Å². The van der Waals surface area contributed by atoms with Crippen molar-refractivity contribution in [2.45, 2.75) is 84.0 Å². The molecular formula is C36H41N2O+. The van der Waals surface area contributed by atoms with E-state index in [4.69, 9.17) is 4.74 Å². The summed E-state index contributed by atoms with van der Waals surface area (Å²) in [6.07, 6.45) is 12.2. The van der Waals surface area contributed by atoms with E-state index in [9.17, 15) is 0 Å². The van der Waals surface area contributed by atoms with Crippen LogP contribution in [0.25, 0.3) is 5.57 Å². The first kappa shape index (κ1) is 23.8. The molecule has 0 aliphatic carbocycles. The van der Waals surface area contributed by atoms with Crippen LogP contribution in [-0.2, 0) is 25.7 Å². The highest BCUT2D eigenvalue weighted by Crippen LogP contribution is 2.48. The predicted molar refractivity (Wildman–Crippen MR) is 160 cm³/mol. The molecule has 5 aliphatic rings. The van der Waals surface area contributed by atoms with Crippen molar-refractivity contribution in [2.75, 3.05) is 31.1 Å². The number of ether oxygens (including phenoxy) is 1. The molecule has 0 bridgehead atoms. The van der Waals surface area contributed by atoms with E-state index in [0.717, 1.165) is 12.8 Å². The first-order valence-corrected chi connectivity index (χ1v) is 15.7. The SMILES string of the molecule is CC(C)c1cccc(C2=c3cc4c5c(c3Oc3c2cc2c6c3CCCN6CCCC2)CCC[N+]=5CCCC4)c1. The number of fused-ring (bicyclic) bond motifs is 4. The second-order valence-electron chi connectivity index (χ2n) is 12.8. The summed E-state index contributed by atoms with van der Waals surface area (Å²) < 4.78 is 9.94. The Kier molecular flexibility index (Phi) is 5.64. The fraction of sp³-hybridized carbons (Fsp3) is 0.472. The van der Waals surface area contributed by atoms with Gasteiger partial charge in [-0.15, -0.1) is 0 Å². The molecule has 3 heteroatoms. The van der Waals surface area contributed by atoms with E-state index in [2.05, 4.69) is 59.7 Å². The third-order valence-electron chi connectivity index (χ3n) is 10.0. The van der Waals surface area contributed by atoms with Crippen LogP contribution in [0.5, 0.6) is 11.5 Å². The Morgan fingerprint density at radius 3 is 2.51 bits per heavy atom. The van der Waals surface area contributed by atoms with E-state index in [1.54, 1.807) is 11.1 Å². The molecule has 0 radical (unpaired) electrons. The van der Waals surface area contributed by atoms with Gasteiger partial charge in [0.2, 0.25) is 5.36 Å². The third kappa shape index (κ3) is 3.72. The molecule has 200 valence electrons. The van der Waals surface area contributed by atoms with Crippen molar-refractivity contribution in [1.29, 1.82) is 0 Å². The molecule has 0 saturated carbocycles.